The molecule has 0 atom stereocenters. The summed E-state index contributed by atoms with van der Waals surface area (Å²) in [4.78, 5) is 16.0. The predicted octanol–water partition coefficient (Wildman–Crippen LogP) is 1.64. The van der Waals surface area contributed by atoms with Crippen LogP contribution in [-0.4, -0.2) is 5.97 Å². The highest BCUT2D eigenvalue weighted by molar-refractivity contribution is 5.74. The molecule has 14 heavy (non-hydrogen) atoms. The van der Waals surface area contributed by atoms with Gasteiger partial charge in [-0.15, -0.1) is 5.48 Å². The van der Waals surface area contributed by atoms with Crippen LogP contribution in [-0.2, 0) is 16.2 Å². The smallest absolute Gasteiger partial charge is 0.327 e. The summed E-state index contributed by atoms with van der Waals surface area (Å²) < 4.78 is 0. The van der Waals surface area contributed by atoms with Crippen molar-refractivity contribution in [1.29, 1.82) is 0 Å². The van der Waals surface area contributed by atoms with Crippen molar-refractivity contribution in [3.63, 3.8) is 0 Å². The van der Waals surface area contributed by atoms with Crippen LogP contribution in [0.2, 0.25) is 0 Å². The van der Waals surface area contributed by atoms with E-state index < -0.39 is 0 Å². The van der Waals surface area contributed by atoms with Crippen molar-refractivity contribution >= 4 is 5.97 Å². The Morgan fingerprint density at radius 1 is 1.36 bits per heavy atom. The maximum atomic E-state index is 11.1. The Morgan fingerprint density at radius 2 is 2.07 bits per heavy atom. The molecule has 0 radical (unpaired) electrons. The first-order chi connectivity index (χ1) is 6.86. The molecule has 0 heterocycles. The second-order valence-corrected chi connectivity index (χ2v) is 3.50. The van der Waals surface area contributed by atoms with Gasteiger partial charge in [-0.2, -0.15) is 0 Å². The molecule has 0 unspecified atom stereocenters. The van der Waals surface area contributed by atoms with Crippen LogP contribution >= 0.6 is 0 Å². The van der Waals surface area contributed by atoms with Gasteiger partial charge in [-0.3, -0.25) is 4.79 Å². The van der Waals surface area contributed by atoms with Crippen molar-refractivity contribution in [3.8, 4) is 0 Å². The molecule has 0 spiro atoms. The molecule has 0 aliphatic heterocycles. The molecular formula is C11H13NO2. The number of hydrogen-bond acceptors (Lipinski definition) is 3. The van der Waals surface area contributed by atoms with Crippen molar-refractivity contribution in [1.82, 2.24) is 5.48 Å². The minimum atomic E-state index is -0.124. The summed E-state index contributed by atoms with van der Waals surface area (Å²) in [6.07, 6.45) is 1.96. The highest BCUT2D eigenvalue weighted by atomic mass is 16.7. The van der Waals surface area contributed by atoms with Gasteiger partial charge < -0.3 is 4.84 Å². The third kappa shape index (κ3) is 2.57. The SMILES string of the molecule is O=C(ONCc1ccccc1)C1CC1. The van der Waals surface area contributed by atoms with E-state index >= 15 is 0 Å². The van der Waals surface area contributed by atoms with Crippen molar-refractivity contribution < 1.29 is 9.63 Å². The maximum absolute atomic E-state index is 11.1. The molecule has 0 bridgehead atoms. The topological polar surface area (TPSA) is 38.3 Å². The monoisotopic (exact) mass is 191 g/mol. The molecule has 3 nitrogen and oxygen atoms in total. The van der Waals surface area contributed by atoms with Crippen LogP contribution in [0.3, 0.4) is 0 Å². The van der Waals surface area contributed by atoms with E-state index in [1.807, 2.05) is 30.3 Å². The molecule has 1 saturated carbocycles. The van der Waals surface area contributed by atoms with Crippen molar-refractivity contribution in [2.24, 2.45) is 5.92 Å². The predicted molar refractivity (Wildman–Crippen MR) is 52.1 cm³/mol. The quantitative estimate of drug-likeness (QED) is 0.735. The van der Waals surface area contributed by atoms with Crippen molar-refractivity contribution in [3.05, 3.63) is 35.9 Å². The second-order valence-electron chi connectivity index (χ2n) is 3.50. The lowest BCUT2D eigenvalue weighted by Crippen LogP contribution is -2.20. The first-order valence-corrected chi connectivity index (χ1v) is 4.84. The van der Waals surface area contributed by atoms with Crippen LogP contribution in [0.15, 0.2) is 30.3 Å². The van der Waals surface area contributed by atoms with Gasteiger partial charge >= 0.3 is 5.97 Å². The zero-order chi connectivity index (χ0) is 9.80. The standard InChI is InChI=1S/C11H13NO2/c13-11(10-6-7-10)14-12-8-9-4-2-1-3-5-9/h1-5,10,12H,6-8H2. The van der Waals surface area contributed by atoms with E-state index in [1.54, 1.807) is 0 Å². The summed E-state index contributed by atoms with van der Waals surface area (Å²) >= 11 is 0. The zero-order valence-electron chi connectivity index (χ0n) is 7.90. The molecule has 3 heteroatoms. The van der Waals surface area contributed by atoms with Gasteiger partial charge in [-0.25, -0.2) is 0 Å². The van der Waals surface area contributed by atoms with Crippen LogP contribution in [0.25, 0.3) is 0 Å². The lowest BCUT2D eigenvalue weighted by Gasteiger charge is -2.04. The van der Waals surface area contributed by atoms with E-state index in [2.05, 4.69) is 5.48 Å². The fourth-order valence-corrected chi connectivity index (χ4v) is 1.19. The van der Waals surface area contributed by atoms with Gasteiger partial charge in [0.25, 0.3) is 0 Å². The van der Waals surface area contributed by atoms with E-state index in [9.17, 15) is 4.79 Å². The Balaban J connectivity index is 1.70. The molecule has 0 amide bonds. The largest absolute Gasteiger partial charge is 0.370 e. The highest BCUT2D eigenvalue weighted by Gasteiger charge is 2.31. The number of hydrogen-bond donors (Lipinski definition) is 1. The van der Waals surface area contributed by atoms with Crippen molar-refractivity contribution in [2.45, 2.75) is 19.4 Å². The number of hydroxylamine groups is 1. The summed E-state index contributed by atoms with van der Waals surface area (Å²) in [6.45, 7) is 0.569. The summed E-state index contributed by atoms with van der Waals surface area (Å²) in [5.41, 5.74) is 3.78. The summed E-state index contributed by atoms with van der Waals surface area (Å²) in [5.74, 6) is 0.0270. The Hall–Kier alpha value is -1.35. The Morgan fingerprint density at radius 3 is 2.71 bits per heavy atom. The lowest BCUT2D eigenvalue weighted by molar-refractivity contribution is -0.153. The first kappa shape index (κ1) is 9.21. The van der Waals surface area contributed by atoms with Gasteiger partial charge in [-0.05, 0) is 18.4 Å². The van der Waals surface area contributed by atoms with Crippen LogP contribution in [0.1, 0.15) is 18.4 Å². The van der Waals surface area contributed by atoms with Crippen LogP contribution in [0.5, 0.6) is 0 Å². The molecule has 74 valence electrons. The van der Waals surface area contributed by atoms with Crippen LogP contribution < -0.4 is 5.48 Å². The average Bonchev–Trinajstić information content (AvgIpc) is 3.02. The van der Waals surface area contributed by atoms with Crippen LogP contribution in [0, 0.1) is 5.92 Å². The van der Waals surface area contributed by atoms with E-state index in [0.717, 1.165) is 18.4 Å². The summed E-state index contributed by atoms with van der Waals surface area (Å²) in [7, 11) is 0. The van der Waals surface area contributed by atoms with Gasteiger partial charge in [0.15, 0.2) is 0 Å². The molecule has 2 rings (SSSR count). The molecule has 0 aromatic heterocycles. The molecule has 1 aromatic carbocycles. The average molecular weight is 191 g/mol. The fraction of sp³-hybridized carbons (Fsp3) is 0.364. The number of carbonyl (C=O) groups is 1. The summed E-state index contributed by atoms with van der Waals surface area (Å²) in [6, 6.07) is 9.84. The highest BCUT2D eigenvalue weighted by Crippen LogP contribution is 2.29. The minimum absolute atomic E-state index is 0.124. The Bertz CT molecular complexity index is 306. The Kier molecular flexibility index (Phi) is 2.79. The van der Waals surface area contributed by atoms with Gasteiger partial charge in [0, 0.05) is 0 Å². The third-order valence-corrected chi connectivity index (χ3v) is 2.20. The fourth-order valence-electron chi connectivity index (χ4n) is 1.19. The number of benzene rings is 1. The van der Waals surface area contributed by atoms with Gasteiger partial charge in [0.2, 0.25) is 0 Å². The lowest BCUT2D eigenvalue weighted by atomic mass is 10.2. The van der Waals surface area contributed by atoms with Gasteiger partial charge in [-0.1, -0.05) is 30.3 Å². The molecule has 1 aliphatic rings. The second kappa shape index (κ2) is 4.24. The van der Waals surface area contributed by atoms with Crippen LogP contribution in [0.4, 0.5) is 0 Å². The van der Waals surface area contributed by atoms with Gasteiger partial charge in [0.05, 0.1) is 12.5 Å². The van der Waals surface area contributed by atoms with E-state index in [4.69, 9.17) is 4.84 Å². The van der Waals surface area contributed by atoms with E-state index in [0.29, 0.717) is 6.54 Å². The molecule has 0 saturated heterocycles. The minimum Gasteiger partial charge on any atom is -0.370 e. The third-order valence-electron chi connectivity index (χ3n) is 2.20. The molecule has 1 N–H and O–H groups in total. The molecular weight excluding hydrogens is 178 g/mol. The number of nitrogens with one attached hydrogen (secondary N) is 1. The Labute approximate surface area is 83.0 Å². The molecule has 1 aliphatic carbocycles. The first-order valence-electron chi connectivity index (χ1n) is 4.84. The van der Waals surface area contributed by atoms with Crippen molar-refractivity contribution in [2.75, 3.05) is 0 Å². The normalized spacial score (nSPS) is 15.1. The number of rotatable bonds is 4. The maximum Gasteiger partial charge on any atom is 0.327 e. The molecule has 1 aromatic rings. The van der Waals surface area contributed by atoms with Gasteiger partial charge in [0.1, 0.15) is 0 Å². The van der Waals surface area contributed by atoms with E-state index in [-0.39, 0.29) is 11.9 Å². The molecule has 1 fully saturated rings. The zero-order valence-corrected chi connectivity index (χ0v) is 7.90. The summed E-state index contributed by atoms with van der Waals surface area (Å²) in [5, 5.41) is 0. The number of carbonyl (C=O) groups excluding carboxylic acids is 1. The van der Waals surface area contributed by atoms with E-state index in [1.165, 1.54) is 0 Å².